The maximum Gasteiger partial charge on any atom is 0.0236 e. The zero-order valence-corrected chi connectivity index (χ0v) is 12.9. The Hall–Kier alpha value is -0.860. The van der Waals surface area contributed by atoms with E-state index in [1.165, 1.54) is 30.4 Å². The largest absolute Gasteiger partial charge is 0.310 e. The lowest BCUT2D eigenvalue weighted by atomic mass is 9.99. The molecule has 0 aliphatic heterocycles. The van der Waals surface area contributed by atoms with Crippen LogP contribution in [0.2, 0.25) is 0 Å². The van der Waals surface area contributed by atoms with Gasteiger partial charge in [-0.1, -0.05) is 31.2 Å². The van der Waals surface area contributed by atoms with Gasteiger partial charge in [-0.3, -0.25) is 4.90 Å². The molecule has 1 aliphatic carbocycles. The molecule has 2 nitrogen and oxygen atoms in total. The van der Waals surface area contributed by atoms with Gasteiger partial charge in [-0.2, -0.15) is 0 Å². The normalized spacial score (nSPS) is 16.1. The molecule has 0 spiro atoms. The van der Waals surface area contributed by atoms with E-state index in [4.69, 9.17) is 0 Å². The number of hydrogen-bond donors (Lipinski definition) is 1. The summed E-state index contributed by atoms with van der Waals surface area (Å²) < 4.78 is 0. The molecule has 0 aromatic heterocycles. The lowest BCUT2D eigenvalue weighted by Gasteiger charge is -2.35. The number of benzene rings is 1. The van der Waals surface area contributed by atoms with E-state index < -0.39 is 0 Å². The van der Waals surface area contributed by atoms with Crippen molar-refractivity contribution in [1.82, 2.24) is 10.2 Å². The number of nitrogens with zero attached hydrogens (tertiary/aromatic N) is 1. The summed E-state index contributed by atoms with van der Waals surface area (Å²) in [6.07, 6.45) is 3.88. The summed E-state index contributed by atoms with van der Waals surface area (Å²) >= 11 is 0. The van der Waals surface area contributed by atoms with Crippen LogP contribution in [0, 0.1) is 0 Å². The minimum absolute atomic E-state index is 0.266. The van der Waals surface area contributed by atoms with Crippen molar-refractivity contribution in [1.29, 1.82) is 0 Å². The van der Waals surface area contributed by atoms with Crippen molar-refractivity contribution < 1.29 is 0 Å². The Morgan fingerprint density at radius 1 is 1.26 bits per heavy atom. The van der Waals surface area contributed by atoms with Crippen molar-refractivity contribution in [3.8, 4) is 0 Å². The molecule has 0 atom stereocenters. The van der Waals surface area contributed by atoms with Crippen LogP contribution in [0.25, 0.3) is 0 Å². The summed E-state index contributed by atoms with van der Waals surface area (Å²) in [5.41, 5.74) is 3.09. The first-order valence-electron chi connectivity index (χ1n) is 7.53. The second-order valence-corrected chi connectivity index (χ2v) is 6.50. The van der Waals surface area contributed by atoms with Gasteiger partial charge in [0, 0.05) is 24.7 Å². The van der Waals surface area contributed by atoms with Crippen molar-refractivity contribution in [2.45, 2.75) is 64.7 Å². The second-order valence-electron chi connectivity index (χ2n) is 6.50. The molecule has 1 fully saturated rings. The minimum atomic E-state index is 0.266. The molecule has 19 heavy (non-hydrogen) atoms. The molecule has 1 saturated carbocycles. The van der Waals surface area contributed by atoms with Gasteiger partial charge in [0.05, 0.1) is 0 Å². The molecule has 106 valence electrons. The van der Waals surface area contributed by atoms with Crippen LogP contribution in [0.1, 0.15) is 51.2 Å². The van der Waals surface area contributed by atoms with E-state index in [1.807, 2.05) is 0 Å². The first kappa shape index (κ1) is 14.5. The zero-order valence-electron chi connectivity index (χ0n) is 12.9. The Bertz CT molecular complexity index is 407. The fourth-order valence-electron chi connectivity index (χ4n) is 2.15. The quantitative estimate of drug-likeness (QED) is 0.806. The predicted molar refractivity (Wildman–Crippen MR) is 82.1 cm³/mol. The summed E-state index contributed by atoms with van der Waals surface area (Å²) in [6, 6.07) is 9.78. The highest BCUT2D eigenvalue weighted by molar-refractivity contribution is 5.23. The van der Waals surface area contributed by atoms with Crippen LogP contribution < -0.4 is 5.32 Å². The Balaban J connectivity index is 1.93. The van der Waals surface area contributed by atoms with Crippen LogP contribution in [0.4, 0.5) is 0 Å². The molecule has 2 heteroatoms. The SMILES string of the molecule is CCC(C)(C)N(C)Cc1cccc(CNC2CC2)c1. The zero-order chi connectivity index (χ0) is 13.9. The van der Waals surface area contributed by atoms with Gasteiger partial charge in [0.15, 0.2) is 0 Å². The van der Waals surface area contributed by atoms with E-state index in [1.54, 1.807) is 0 Å². The predicted octanol–water partition coefficient (Wildman–Crippen LogP) is 3.56. The Kier molecular flexibility index (Phi) is 4.64. The third-order valence-electron chi connectivity index (χ3n) is 4.48. The summed E-state index contributed by atoms with van der Waals surface area (Å²) in [7, 11) is 2.22. The number of hydrogen-bond acceptors (Lipinski definition) is 2. The summed E-state index contributed by atoms with van der Waals surface area (Å²) in [4.78, 5) is 2.44. The maximum absolute atomic E-state index is 3.58. The van der Waals surface area contributed by atoms with Crippen molar-refractivity contribution in [2.75, 3.05) is 7.05 Å². The lowest BCUT2D eigenvalue weighted by Crippen LogP contribution is -2.39. The van der Waals surface area contributed by atoms with Crippen LogP contribution in [-0.2, 0) is 13.1 Å². The van der Waals surface area contributed by atoms with Crippen molar-refractivity contribution >= 4 is 0 Å². The van der Waals surface area contributed by atoms with E-state index >= 15 is 0 Å². The van der Waals surface area contributed by atoms with Gasteiger partial charge in [0.25, 0.3) is 0 Å². The molecule has 1 aromatic carbocycles. The first-order valence-corrected chi connectivity index (χ1v) is 7.53. The molecule has 0 unspecified atom stereocenters. The third-order valence-corrected chi connectivity index (χ3v) is 4.48. The third kappa shape index (κ3) is 4.32. The first-order chi connectivity index (χ1) is 9.01. The summed E-state index contributed by atoms with van der Waals surface area (Å²) in [5, 5.41) is 3.58. The summed E-state index contributed by atoms with van der Waals surface area (Å²) in [6.45, 7) is 8.92. The smallest absolute Gasteiger partial charge is 0.0236 e. The highest BCUT2D eigenvalue weighted by Gasteiger charge is 2.21. The summed E-state index contributed by atoms with van der Waals surface area (Å²) in [5.74, 6) is 0. The second kappa shape index (κ2) is 6.06. The fourth-order valence-corrected chi connectivity index (χ4v) is 2.15. The van der Waals surface area contributed by atoms with Gasteiger partial charge in [0.2, 0.25) is 0 Å². The molecule has 1 aromatic rings. The van der Waals surface area contributed by atoms with E-state index in [9.17, 15) is 0 Å². The standard InChI is InChI=1S/C17H28N2/c1-5-17(2,3)19(4)13-15-8-6-7-14(11-15)12-18-16-9-10-16/h6-8,11,16,18H,5,9-10,12-13H2,1-4H3. The molecule has 0 amide bonds. The average molecular weight is 260 g/mol. The van der Waals surface area contributed by atoms with Crippen LogP contribution in [-0.4, -0.2) is 23.5 Å². The molecule has 1 aliphatic rings. The molecule has 2 rings (SSSR count). The Morgan fingerprint density at radius 2 is 1.95 bits per heavy atom. The van der Waals surface area contributed by atoms with E-state index in [-0.39, 0.29) is 5.54 Å². The van der Waals surface area contributed by atoms with Crippen molar-refractivity contribution in [2.24, 2.45) is 0 Å². The molecule has 0 radical (unpaired) electrons. The topological polar surface area (TPSA) is 15.3 Å². The highest BCUT2D eigenvalue weighted by Crippen LogP contribution is 2.21. The lowest BCUT2D eigenvalue weighted by molar-refractivity contribution is 0.143. The maximum atomic E-state index is 3.58. The molecule has 0 saturated heterocycles. The van der Waals surface area contributed by atoms with Crippen molar-refractivity contribution in [3.63, 3.8) is 0 Å². The Labute approximate surface area is 118 Å². The Morgan fingerprint density at radius 3 is 2.58 bits per heavy atom. The van der Waals surface area contributed by atoms with Crippen LogP contribution in [0.3, 0.4) is 0 Å². The van der Waals surface area contributed by atoms with E-state index in [2.05, 4.69) is 62.3 Å². The van der Waals surface area contributed by atoms with Gasteiger partial charge >= 0.3 is 0 Å². The monoisotopic (exact) mass is 260 g/mol. The number of rotatable bonds is 7. The van der Waals surface area contributed by atoms with E-state index in [0.29, 0.717) is 0 Å². The molecular weight excluding hydrogens is 232 g/mol. The van der Waals surface area contributed by atoms with Crippen molar-refractivity contribution in [3.05, 3.63) is 35.4 Å². The van der Waals surface area contributed by atoms with Gasteiger partial charge in [-0.05, 0) is 51.3 Å². The van der Waals surface area contributed by atoms with Gasteiger partial charge in [-0.15, -0.1) is 0 Å². The molecular formula is C17H28N2. The molecule has 0 heterocycles. The van der Waals surface area contributed by atoms with Gasteiger partial charge < -0.3 is 5.32 Å². The van der Waals surface area contributed by atoms with Crippen LogP contribution in [0.15, 0.2) is 24.3 Å². The highest BCUT2D eigenvalue weighted by atomic mass is 15.2. The van der Waals surface area contributed by atoms with Crippen LogP contribution >= 0.6 is 0 Å². The minimum Gasteiger partial charge on any atom is -0.310 e. The fraction of sp³-hybridized carbons (Fsp3) is 0.647. The van der Waals surface area contributed by atoms with Gasteiger partial charge in [-0.25, -0.2) is 0 Å². The van der Waals surface area contributed by atoms with Crippen LogP contribution in [0.5, 0.6) is 0 Å². The molecule has 1 N–H and O–H groups in total. The molecule has 0 bridgehead atoms. The average Bonchev–Trinajstić information content (AvgIpc) is 3.21. The van der Waals surface area contributed by atoms with Gasteiger partial charge in [0.1, 0.15) is 0 Å². The van der Waals surface area contributed by atoms with E-state index in [0.717, 1.165) is 19.1 Å². The number of nitrogens with one attached hydrogen (secondary N) is 1.